The van der Waals surface area contributed by atoms with E-state index in [-0.39, 0.29) is 21.8 Å². The Morgan fingerprint density at radius 3 is 1.54 bits per heavy atom. The highest BCUT2D eigenvalue weighted by molar-refractivity contribution is 5.08. The highest BCUT2D eigenvalue weighted by Gasteiger charge is 2.61. The maximum atomic E-state index is 6.40. The van der Waals surface area contributed by atoms with Crippen LogP contribution < -0.4 is 0 Å². The first-order valence-electron chi connectivity index (χ1n) is 10.2. The molecule has 0 aliphatic heterocycles. The number of unbranched alkanes of at least 4 members (excludes halogenated alkanes) is 4. The molecule has 0 atom stereocenters. The first-order chi connectivity index (χ1) is 10.9. The van der Waals surface area contributed by atoms with Gasteiger partial charge in [0.2, 0.25) is 0 Å². The zero-order valence-corrected chi connectivity index (χ0v) is 18.5. The molecule has 0 bridgehead atoms. The Hall–Kier alpha value is -0.0800. The summed E-state index contributed by atoms with van der Waals surface area (Å²) in [5.41, 5.74) is -0.367. The molecule has 0 unspecified atom stereocenters. The number of rotatable bonds is 11. The van der Waals surface area contributed by atoms with Gasteiger partial charge in [0, 0.05) is 0 Å². The van der Waals surface area contributed by atoms with Crippen molar-refractivity contribution in [3.63, 3.8) is 0 Å². The largest absolute Gasteiger partial charge is 0.236 e. The molecule has 0 rings (SSSR count). The molecule has 0 spiro atoms. The van der Waals surface area contributed by atoms with Crippen molar-refractivity contribution in [1.29, 1.82) is 0 Å². The van der Waals surface area contributed by atoms with E-state index in [2.05, 4.69) is 69.2 Å². The summed E-state index contributed by atoms with van der Waals surface area (Å²) in [4.78, 5) is 12.3. The standard InChI is InChI=1S/C22H46O2/c1-11-13-15-16-18-23-24-22(19(3,4)5,20(6,7)8)21(9,10)17-14-12-2/h11-18H2,1-10H3. The minimum Gasteiger partial charge on any atom is -0.236 e. The van der Waals surface area contributed by atoms with E-state index >= 15 is 0 Å². The summed E-state index contributed by atoms with van der Waals surface area (Å²) in [5.74, 6) is 0. The molecule has 2 nitrogen and oxygen atoms in total. The van der Waals surface area contributed by atoms with Gasteiger partial charge in [0.1, 0.15) is 5.60 Å². The van der Waals surface area contributed by atoms with Crippen LogP contribution in [-0.2, 0) is 9.78 Å². The third kappa shape index (κ3) is 5.73. The average molecular weight is 343 g/mol. The zero-order chi connectivity index (χ0) is 19.1. The molecule has 0 aliphatic carbocycles. The Kier molecular flexibility index (Phi) is 9.54. The molecule has 0 aromatic carbocycles. The van der Waals surface area contributed by atoms with Gasteiger partial charge >= 0.3 is 0 Å². The van der Waals surface area contributed by atoms with Crippen LogP contribution >= 0.6 is 0 Å². The minimum atomic E-state index is -0.354. The second-order valence-corrected chi connectivity index (χ2v) is 10.1. The van der Waals surface area contributed by atoms with Gasteiger partial charge in [0.25, 0.3) is 0 Å². The summed E-state index contributed by atoms with van der Waals surface area (Å²) in [7, 11) is 0. The van der Waals surface area contributed by atoms with E-state index in [1.165, 1.54) is 32.1 Å². The van der Waals surface area contributed by atoms with Crippen molar-refractivity contribution >= 4 is 0 Å². The lowest BCUT2D eigenvalue weighted by atomic mass is 9.51. The molecule has 0 saturated heterocycles. The first kappa shape index (κ1) is 23.9. The monoisotopic (exact) mass is 342 g/mol. The molecule has 0 fully saturated rings. The van der Waals surface area contributed by atoms with Gasteiger partial charge in [-0.25, -0.2) is 9.78 Å². The van der Waals surface area contributed by atoms with Crippen molar-refractivity contribution in [3.05, 3.63) is 0 Å². The molecule has 0 aromatic heterocycles. The number of hydrogen-bond acceptors (Lipinski definition) is 2. The van der Waals surface area contributed by atoms with Gasteiger partial charge in [-0.1, -0.05) is 101 Å². The topological polar surface area (TPSA) is 18.5 Å². The van der Waals surface area contributed by atoms with Crippen LogP contribution in [0.5, 0.6) is 0 Å². The first-order valence-corrected chi connectivity index (χ1v) is 10.2. The van der Waals surface area contributed by atoms with Crippen LogP contribution in [0.1, 0.15) is 114 Å². The fourth-order valence-corrected chi connectivity index (χ4v) is 5.03. The van der Waals surface area contributed by atoms with E-state index in [1.807, 2.05) is 0 Å². The Labute approximate surface area is 153 Å². The van der Waals surface area contributed by atoms with E-state index in [9.17, 15) is 0 Å². The van der Waals surface area contributed by atoms with Gasteiger partial charge in [-0.3, -0.25) is 0 Å². The number of hydrogen-bond donors (Lipinski definition) is 0. The molecule has 0 heterocycles. The predicted octanol–water partition coefficient (Wildman–Crippen LogP) is 7.56. The van der Waals surface area contributed by atoms with Crippen LogP contribution in [0.4, 0.5) is 0 Å². The predicted molar refractivity (Wildman–Crippen MR) is 106 cm³/mol. The van der Waals surface area contributed by atoms with Gasteiger partial charge in [0.05, 0.1) is 6.61 Å². The van der Waals surface area contributed by atoms with Crippen LogP contribution in [0.15, 0.2) is 0 Å². The third-order valence-electron chi connectivity index (χ3n) is 5.49. The molecule has 0 saturated carbocycles. The van der Waals surface area contributed by atoms with E-state index in [0.717, 1.165) is 12.8 Å². The van der Waals surface area contributed by atoms with Gasteiger partial charge in [-0.15, -0.1) is 0 Å². The second-order valence-electron chi connectivity index (χ2n) is 10.1. The molecule has 0 amide bonds. The van der Waals surface area contributed by atoms with E-state index in [1.54, 1.807) is 0 Å². The van der Waals surface area contributed by atoms with Crippen molar-refractivity contribution < 1.29 is 9.78 Å². The van der Waals surface area contributed by atoms with Gasteiger partial charge in [-0.05, 0) is 29.1 Å². The lowest BCUT2D eigenvalue weighted by Crippen LogP contribution is -2.64. The van der Waals surface area contributed by atoms with Crippen molar-refractivity contribution in [2.24, 2.45) is 16.2 Å². The highest BCUT2D eigenvalue weighted by Crippen LogP contribution is 2.58. The Morgan fingerprint density at radius 2 is 1.12 bits per heavy atom. The molecular formula is C22H46O2. The quantitative estimate of drug-likeness (QED) is 0.219. The second kappa shape index (κ2) is 9.57. The maximum Gasteiger partial charge on any atom is 0.118 e. The maximum absolute atomic E-state index is 6.40. The van der Waals surface area contributed by atoms with Crippen molar-refractivity contribution in [1.82, 2.24) is 0 Å². The molecule has 2 heteroatoms. The van der Waals surface area contributed by atoms with Crippen LogP contribution in [0.25, 0.3) is 0 Å². The molecule has 0 aliphatic rings. The van der Waals surface area contributed by atoms with Gasteiger partial charge < -0.3 is 0 Å². The van der Waals surface area contributed by atoms with Crippen molar-refractivity contribution in [2.75, 3.05) is 6.61 Å². The molecule has 0 aromatic rings. The van der Waals surface area contributed by atoms with Crippen LogP contribution in [0, 0.1) is 16.2 Å². The van der Waals surface area contributed by atoms with Crippen LogP contribution in [0.3, 0.4) is 0 Å². The van der Waals surface area contributed by atoms with Gasteiger partial charge in [0.15, 0.2) is 0 Å². The lowest BCUT2D eigenvalue weighted by Gasteiger charge is -2.60. The van der Waals surface area contributed by atoms with E-state index in [4.69, 9.17) is 9.78 Å². The molecule has 146 valence electrons. The third-order valence-corrected chi connectivity index (χ3v) is 5.49. The normalized spacial score (nSPS) is 14.2. The fourth-order valence-electron chi connectivity index (χ4n) is 5.03. The fraction of sp³-hybridized carbons (Fsp3) is 1.00. The van der Waals surface area contributed by atoms with Gasteiger partial charge in [-0.2, -0.15) is 0 Å². The lowest BCUT2D eigenvalue weighted by molar-refractivity contribution is -0.432. The molecule has 0 N–H and O–H groups in total. The Bertz CT molecular complexity index is 317. The molecule has 0 radical (unpaired) electrons. The van der Waals surface area contributed by atoms with Crippen molar-refractivity contribution in [2.45, 2.75) is 120 Å². The molecular weight excluding hydrogens is 296 g/mol. The summed E-state index contributed by atoms with van der Waals surface area (Å²) >= 11 is 0. The van der Waals surface area contributed by atoms with E-state index < -0.39 is 0 Å². The summed E-state index contributed by atoms with van der Waals surface area (Å²) in [6, 6.07) is 0. The Morgan fingerprint density at radius 1 is 0.625 bits per heavy atom. The van der Waals surface area contributed by atoms with Crippen LogP contribution in [0.2, 0.25) is 0 Å². The van der Waals surface area contributed by atoms with Crippen LogP contribution in [-0.4, -0.2) is 12.2 Å². The summed E-state index contributed by atoms with van der Waals surface area (Å²) in [6.07, 6.45) is 8.41. The summed E-state index contributed by atoms with van der Waals surface area (Å²) in [5, 5.41) is 0. The summed E-state index contributed by atoms with van der Waals surface area (Å²) in [6.45, 7) is 23.7. The molecule has 24 heavy (non-hydrogen) atoms. The SMILES string of the molecule is CCCCCCOOC(C(C)(C)C)(C(C)(C)C)C(C)(C)CCCC. The summed E-state index contributed by atoms with van der Waals surface area (Å²) < 4.78 is 0. The van der Waals surface area contributed by atoms with E-state index in [0.29, 0.717) is 6.61 Å². The highest BCUT2D eigenvalue weighted by atomic mass is 17.2. The average Bonchev–Trinajstić information content (AvgIpc) is 2.41. The smallest absolute Gasteiger partial charge is 0.118 e. The minimum absolute atomic E-state index is 0.0219. The van der Waals surface area contributed by atoms with Crippen molar-refractivity contribution in [3.8, 4) is 0 Å². The Balaban J connectivity index is 5.41. The zero-order valence-electron chi connectivity index (χ0n) is 18.5.